The molecule has 12 heavy (non-hydrogen) atoms. The highest BCUT2D eigenvalue weighted by Crippen LogP contribution is 2.18. The second-order valence-corrected chi connectivity index (χ2v) is 3.61. The normalized spacial score (nSPS) is 18.9. The molecule has 3 unspecified atom stereocenters. The molecular formula is C9H18O3. The number of carbonyl (C=O) groups excluding carboxylic acids is 1. The van der Waals surface area contributed by atoms with E-state index < -0.39 is 18.1 Å². The van der Waals surface area contributed by atoms with Crippen LogP contribution < -0.4 is 0 Å². The number of carbonyl (C=O) groups is 1. The van der Waals surface area contributed by atoms with Crippen LogP contribution in [0.3, 0.4) is 0 Å². The molecule has 0 radical (unpaired) electrons. The van der Waals surface area contributed by atoms with E-state index in [-0.39, 0.29) is 11.7 Å². The van der Waals surface area contributed by atoms with Gasteiger partial charge in [0, 0.05) is 5.92 Å². The van der Waals surface area contributed by atoms with E-state index in [1.807, 2.05) is 13.8 Å². The first kappa shape index (κ1) is 11.6. The summed E-state index contributed by atoms with van der Waals surface area (Å²) >= 11 is 0. The summed E-state index contributed by atoms with van der Waals surface area (Å²) in [7, 11) is 0. The molecule has 0 aromatic heterocycles. The Bertz CT molecular complexity index is 152. The van der Waals surface area contributed by atoms with Crippen LogP contribution in [0.5, 0.6) is 0 Å². The van der Waals surface area contributed by atoms with Crippen molar-refractivity contribution in [3.05, 3.63) is 0 Å². The van der Waals surface area contributed by atoms with E-state index >= 15 is 0 Å². The van der Waals surface area contributed by atoms with Gasteiger partial charge in [-0.15, -0.1) is 0 Å². The van der Waals surface area contributed by atoms with Gasteiger partial charge >= 0.3 is 0 Å². The molecule has 3 heteroatoms. The van der Waals surface area contributed by atoms with Crippen molar-refractivity contribution in [2.45, 2.75) is 39.9 Å². The average molecular weight is 174 g/mol. The van der Waals surface area contributed by atoms with Crippen molar-refractivity contribution in [3.63, 3.8) is 0 Å². The van der Waals surface area contributed by atoms with Crippen LogP contribution in [0.15, 0.2) is 0 Å². The van der Waals surface area contributed by atoms with Crippen molar-refractivity contribution in [1.82, 2.24) is 0 Å². The average Bonchev–Trinajstić information content (AvgIpc) is 1.85. The van der Waals surface area contributed by atoms with Gasteiger partial charge in [-0.05, 0) is 19.8 Å². The molecule has 0 heterocycles. The molecule has 0 saturated carbocycles. The van der Waals surface area contributed by atoms with Crippen LogP contribution in [0, 0.1) is 11.8 Å². The first-order chi connectivity index (χ1) is 5.37. The van der Waals surface area contributed by atoms with Crippen molar-refractivity contribution >= 4 is 5.78 Å². The van der Waals surface area contributed by atoms with Gasteiger partial charge in [0.25, 0.3) is 0 Å². The molecule has 3 nitrogen and oxygen atoms in total. The summed E-state index contributed by atoms with van der Waals surface area (Å²) in [5.41, 5.74) is 0. The van der Waals surface area contributed by atoms with Crippen molar-refractivity contribution in [2.24, 2.45) is 11.8 Å². The first-order valence-corrected chi connectivity index (χ1v) is 4.24. The molecule has 0 aliphatic carbocycles. The Morgan fingerprint density at radius 2 is 1.58 bits per heavy atom. The van der Waals surface area contributed by atoms with E-state index in [9.17, 15) is 9.90 Å². The zero-order valence-corrected chi connectivity index (χ0v) is 8.11. The molecule has 0 amide bonds. The fourth-order valence-corrected chi connectivity index (χ4v) is 1.40. The van der Waals surface area contributed by atoms with Crippen molar-refractivity contribution < 1.29 is 15.0 Å². The number of hydrogen-bond donors (Lipinski definition) is 2. The Labute approximate surface area is 73.4 Å². The third-order valence-electron chi connectivity index (χ3n) is 2.05. The summed E-state index contributed by atoms with van der Waals surface area (Å²) in [5, 5.41) is 18.5. The van der Waals surface area contributed by atoms with Crippen LogP contribution in [0.2, 0.25) is 0 Å². The number of ketones is 1. The SMILES string of the molecule is CC(=O)C(C(C)C)C(O)C(C)O. The summed E-state index contributed by atoms with van der Waals surface area (Å²) in [5.74, 6) is -0.463. The Hall–Kier alpha value is -0.410. The van der Waals surface area contributed by atoms with Crippen molar-refractivity contribution in [1.29, 1.82) is 0 Å². The number of hydrogen-bond acceptors (Lipinski definition) is 3. The van der Waals surface area contributed by atoms with Crippen LogP contribution >= 0.6 is 0 Å². The molecule has 3 atom stereocenters. The fraction of sp³-hybridized carbons (Fsp3) is 0.889. The van der Waals surface area contributed by atoms with Gasteiger partial charge in [0.2, 0.25) is 0 Å². The van der Waals surface area contributed by atoms with E-state index in [4.69, 9.17) is 5.11 Å². The lowest BCUT2D eigenvalue weighted by Gasteiger charge is -2.25. The minimum Gasteiger partial charge on any atom is -0.391 e. The van der Waals surface area contributed by atoms with Gasteiger partial charge in [0.05, 0.1) is 12.2 Å². The highest BCUT2D eigenvalue weighted by Gasteiger charge is 2.29. The molecular weight excluding hydrogens is 156 g/mol. The predicted octanol–water partition coefficient (Wildman–Crippen LogP) is 0.589. The second kappa shape index (κ2) is 4.58. The topological polar surface area (TPSA) is 57.5 Å². The smallest absolute Gasteiger partial charge is 0.135 e. The quantitative estimate of drug-likeness (QED) is 0.655. The van der Waals surface area contributed by atoms with Crippen LogP contribution in [0.25, 0.3) is 0 Å². The van der Waals surface area contributed by atoms with Gasteiger partial charge in [-0.3, -0.25) is 4.79 Å². The van der Waals surface area contributed by atoms with Crippen LogP contribution in [0.1, 0.15) is 27.7 Å². The monoisotopic (exact) mass is 174 g/mol. The lowest BCUT2D eigenvalue weighted by Crippen LogP contribution is -2.38. The third-order valence-corrected chi connectivity index (χ3v) is 2.05. The minimum atomic E-state index is -0.942. The zero-order chi connectivity index (χ0) is 9.89. The maximum Gasteiger partial charge on any atom is 0.135 e. The molecule has 72 valence electrons. The number of rotatable bonds is 4. The molecule has 2 N–H and O–H groups in total. The number of aliphatic hydroxyl groups excluding tert-OH is 2. The van der Waals surface area contributed by atoms with E-state index in [2.05, 4.69) is 0 Å². The van der Waals surface area contributed by atoms with Crippen LogP contribution in [-0.4, -0.2) is 28.2 Å². The van der Waals surface area contributed by atoms with Gasteiger partial charge in [-0.25, -0.2) is 0 Å². The summed E-state index contributed by atoms with van der Waals surface area (Å²) in [6, 6.07) is 0. The Kier molecular flexibility index (Phi) is 4.42. The number of aliphatic hydroxyl groups is 2. The Morgan fingerprint density at radius 3 is 1.67 bits per heavy atom. The van der Waals surface area contributed by atoms with Crippen LogP contribution in [-0.2, 0) is 4.79 Å². The molecule has 0 saturated heterocycles. The molecule has 0 rings (SSSR count). The first-order valence-electron chi connectivity index (χ1n) is 4.24. The van der Waals surface area contributed by atoms with Crippen molar-refractivity contribution in [3.8, 4) is 0 Å². The summed E-state index contributed by atoms with van der Waals surface area (Å²) in [4.78, 5) is 11.1. The second-order valence-electron chi connectivity index (χ2n) is 3.61. The van der Waals surface area contributed by atoms with Crippen LogP contribution in [0.4, 0.5) is 0 Å². The maximum absolute atomic E-state index is 11.1. The summed E-state index contributed by atoms with van der Waals surface area (Å²) in [6.45, 7) is 6.65. The van der Waals surface area contributed by atoms with Gasteiger partial charge < -0.3 is 10.2 Å². The maximum atomic E-state index is 11.1. The third kappa shape index (κ3) is 2.91. The lowest BCUT2D eigenvalue weighted by atomic mass is 9.85. The highest BCUT2D eigenvalue weighted by molar-refractivity contribution is 5.79. The van der Waals surface area contributed by atoms with E-state index in [1.54, 1.807) is 0 Å². The Balaban J connectivity index is 4.40. The minimum absolute atomic E-state index is 0.0621. The highest BCUT2D eigenvalue weighted by atomic mass is 16.3. The van der Waals surface area contributed by atoms with Gasteiger partial charge in [-0.2, -0.15) is 0 Å². The molecule has 0 aromatic rings. The number of Topliss-reactive ketones (excluding diaryl/α,β-unsaturated/α-hetero) is 1. The fourth-order valence-electron chi connectivity index (χ4n) is 1.40. The van der Waals surface area contributed by atoms with Gasteiger partial charge in [0.1, 0.15) is 5.78 Å². The zero-order valence-electron chi connectivity index (χ0n) is 8.11. The molecule has 0 bridgehead atoms. The largest absolute Gasteiger partial charge is 0.391 e. The van der Waals surface area contributed by atoms with E-state index in [0.717, 1.165) is 0 Å². The van der Waals surface area contributed by atoms with Crippen molar-refractivity contribution in [2.75, 3.05) is 0 Å². The van der Waals surface area contributed by atoms with Gasteiger partial charge in [0.15, 0.2) is 0 Å². The summed E-state index contributed by atoms with van der Waals surface area (Å²) < 4.78 is 0. The van der Waals surface area contributed by atoms with E-state index in [1.165, 1.54) is 13.8 Å². The Morgan fingerprint density at radius 1 is 1.17 bits per heavy atom. The molecule has 0 aliphatic rings. The van der Waals surface area contributed by atoms with E-state index in [0.29, 0.717) is 0 Å². The molecule has 0 aromatic carbocycles. The molecule has 0 aliphatic heterocycles. The lowest BCUT2D eigenvalue weighted by molar-refractivity contribution is -0.129. The van der Waals surface area contributed by atoms with Gasteiger partial charge in [-0.1, -0.05) is 13.8 Å². The molecule has 0 fully saturated rings. The molecule has 0 spiro atoms. The summed E-state index contributed by atoms with van der Waals surface area (Å²) in [6.07, 6.45) is -1.79. The standard InChI is InChI=1S/C9H18O3/c1-5(2)8(6(3)10)9(12)7(4)11/h5,7-9,11-12H,1-4H3. The predicted molar refractivity (Wildman–Crippen MR) is 46.7 cm³/mol.